The first kappa shape index (κ1) is 22.1. The molecule has 0 saturated carbocycles. The molecule has 0 bridgehead atoms. The highest BCUT2D eigenvalue weighted by molar-refractivity contribution is 6.31. The standard InChI is InChI=1S/C24H15Cl2F2N3O4/c25-15-3-1-14(2-4-15)23-11-13-9-16(26)5-7-18(13)21(23)30-31(12-33-23)22(32)29-17-6-8-19-20(10-17)35-24(27,28)34-19/h1-10H,11-12H2,(H,29,32). The second-order valence-corrected chi connectivity index (χ2v) is 9.07. The Hall–Kier alpha value is -3.40. The second-order valence-electron chi connectivity index (χ2n) is 8.19. The third-order valence-corrected chi connectivity index (χ3v) is 6.48. The van der Waals surface area contributed by atoms with E-state index in [1.807, 2.05) is 24.3 Å². The number of hydrogen-bond acceptors (Lipinski definition) is 5. The number of hydrazone groups is 1. The van der Waals surface area contributed by atoms with Crippen molar-refractivity contribution >= 4 is 40.6 Å². The van der Waals surface area contributed by atoms with Gasteiger partial charge < -0.3 is 19.5 Å². The van der Waals surface area contributed by atoms with Gasteiger partial charge in [-0.05, 0) is 47.5 Å². The minimum atomic E-state index is -3.75. The van der Waals surface area contributed by atoms with Crippen molar-refractivity contribution in [2.75, 3.05) is 12.0 Å². The zero-order chi connectivity index (χ0) is 24.4. The molecule has 1 unspecified atom stereocenters. The predicted octanol–water partition coefficient (Wildman–Crippen LogP) is 5.99. The molecule has 35 heavy (non-hydrogen) atoms. The highest BCUT2D eigenvalue weighted by Gasteiger charge is 2.49. The molecule has 7 nitrogen and oxygen atoms in total. The van der Waals surface area contributed by atoms with Gasteiger partial charge in [-0.15, -0.1) is 8.78 Å². The molecular formula is C24H15Cl2F2N3O4. The Labute approximate surface area is 207 Å². The van der Waals surface area contributed by atoms with Gasteiger partial charge in [-0.25, -0.2) is 4.79 Å². The largest absolute Gasteiger partial charge is 0.586 e. The van der Waals surface area contributed by atoms with Crippen LogP contribution in [0.2, 0.25) is 10.0 Å². The molecule has 6 rings (SSSR count). The first-order chi connectivity index (χ1) is 16.7. The summed E-state index contributed by atoms with van der Waals surface area (Å²) in [6, 6.07) is 16.1. The van der Waals surface area contributed by atoms with Crippen molar-refractivity contribution in [2.24, 2.45) is 5.10 Å². The van der Waals surface area contributed by atoms with Gasteiger partial charge >= 0.3 is 12.3 Å². The summed E-state index contributed by atoms with van der Waals surface area (Å²) in [4.78, 5) is 13.0. The molecule has 1 aliphatic carbocycles. The van der Waals surface area contributed by atoms with Gasteiger partial charge in [-0.3, -0.25) is 0 Å². The van der Waals surface area contributed by atoms with Crippen LogP contribution < -0.4 is 14.8 Å². The lowest BCUT2D eigenvalue weighted by Gasteiger charge is -2.37. The Morgan fingerprint density at radius 1 is 0.971 bits per heavy atom. The van der Waals surface area contributed by atoms with Gasteiger partial charge in [0.15, 0.2) is 11.5 Å². The van der Waals surface area contributed by atoms with Crippen molar-refractivity contribution in [3.05, 3.63) is 87.4 Å². The van der Waals surface area contributed by atoms with E-state index in [1.165, 1.54) is 18.2 Å². The van der Waals surface area contributed by atoms with E-state index in [-0.39, 0.29) is 23.9 Å². The topological polar surface area (TPSA) is 72.4 Å². The molecule has 0 spiro atoms. The SMILES string of the molecule is O=C(Nc1ccc2c(c1)OC(F)(F)O2)N1COC2(c3ccc(Cl)cc3)Cc3cc(Cl)ccc3C2=N1. The van der Waals surface area contributed by atoms with Crippen LogP contribution in [0.3, 0.4) is 0 Å². The van der Waals surface area contributed by atoms with E-state index in [4.69, 9.17) is 27.9 Å². The summed E-state index contributed by atoms with van der Waals surface area (Å²) in [5.74, 6) is -0.305. The molecule has 3 aliphatic rings. The van der Waals surface area contributed by atoms with Crippen LogP contribution in [-0.2, 0) is 16.8 Å². The molecule has 1 atom stereocenters. The average Bonchev–Trinajstić information content (AvgIpc) is 3.31. The predicted molar refractivity (Wildman–Crippen MR) is 124 cm³/mol. The van der Waals surface area contributed by atoms with Crippen LogP contribution in [0.1, 0.15) is 16.7 Å². The number of carbonyl (C=O) groups excluding carboxylic acids is 1. The Morgan fingerprint density at radius 3 is 2.51 bits per heavy atom. The maximum Gasteiger partial charge on any atom is 0.586 e. The summed E-state index contributed by atoms with van der Waals surface area (Å²) >= 11 is 12.3. The van der Waals surface area contributed by atoms with E-state index in [2.05, 4.69) is 19.9 Å². The van der Waals surface area contributed by atoms with Crippen LogP contribution in [0.4, 0.5) is 19.3 Å². The molecule has 0 saturated heterocycles. The zero-order valence-corrected chi connectivity index (χ0v) is 19.2. The van der Waals surface area contributed by atoms with E-state index in [1.54, 1.807) is 18.2 Å². The maximum absolute atomic E-state index is 13.3. The van der Waals surface area contributed by atoms with Gasteiger partial charge in [0.1, 0.15) is 18.0 Å². The van der Waals surface area contributed by atoms with E-state index in [0.717, 1.165) is 21.7 Å². The molecule has 3 aromatic rings. The zero-order valence-electron chi connectivity index (χ0n) is 17.7. The van der Waals surface area contributed by atoms with Gasteiger partial charge in [0.25, 0.3) is 0 Å². The van der Waals surface area contributed by atoms with Crippen molar-refractivity contribution in [3.8, 4) is 11.5 Å². The number of alkyl halides is 2. The third kappa shape index (κ3) is 3.76. The summed E-state index contributed by atoms with van der Waals surface area (Å²) in [5.41, 5.74) is 2.45. The van der Waals surface area contributed by atoms with Gasteiger partial charge in [-0.2, -0.15) is 10.1 Å². The van der Waals surface area contributed by atoms with Crippen molar-refractivity contribution in [2.45, 2.75) is 18.3 Å². The molecule has 0 fully saturated rings. The number of urea groups is 1. The molecule has 0 radical (unpaired) electrons. The van der Waals surface area contributed by atoms with Crippen LogP contribution in [0.15, 0.2) is 65.8 Å². The van der Waals surface area contributed by atoms with Crippen molar-refractivity contribution < 1.29 is 27.8 Å². The molecular weight excluding hydrogens is 503 g/mol. The Kier molecular flexibility index (Phi) is 4.93. The minimum Gasteiger partial charge on any atom is -0.395 e. The lowest BCUT2D eigenvalue weighted by Crippen LogP contribution is -2.48. The fourth-order valence-electron chi connectivity index (χ4n) is 4.44. The van der Waals surface area contributed by atoms with E-state index >= 15 is 0 Å². The number of nitrogens with zero attached hydrogens (tertiary/aromatic N) is 2. The van der Waals surface area contributed by atoms with Crippen LogP contribution >= 0.6 is 23.2 Å². The smallest absolute Gasteiger partial charge is 0.395 e. The number of hydrogen-bond donors (Lipinski definition) is 1. The molecule has 1 N–H and O–H groups in total. The Balaban J connectivity index is 1.33. The number of nitrogens with one attached hydrogen (secondary N) is 1. The van der Waals surface area contributed by atoms with Gasteiger partial charge in [0.2, 0.25) is 0 Å². The third-order valence-electron chi connectivity index (χ3n) is 6.00. The summed E-state index contributed by atoms with van der Waals surface area (Å²) in [6.45, 7) is -0.150. The normalized spacial score (nSPS) is 21.3. The number of rotatable bonds is 2. The van der Waals surface area contributed by atoms with Crippen molar-refractivity contribution in [1.82, 2.24) is 5.01 Å². The maximum atomic E-state index is 13.3. The van der Waals surface area contributed by atoms with E-state index in [0.29, 0.717) is 22.2 Å². The van der Waals surface area contributed by atoms with Crippen LogP contribution in [-0.4, -0.2) is 29.8 Å². The lowest BCUT2D eigenvalue weighted by molar-refractivity contribution is -0.286. The van der Waals surface area contributed by atoms with E-state index in [9.17, 15) is 13.6 Å². The molecule has 11 heteroatoms. The van der Waals surface area contributed by atoms with Crippen molar-refractivity contribution in [1.29, 1.82) is 0 Å². The molecule has 0 aromatic heterocycles. The summed E-state index contributed by atoms with van der Waals surface area (Å²) < 4.78 is 41.7. The fraction of sp³-hybridized carbons (Fsp3) is 0.167. The van der Waals surface area contributed by atoms with Gasteiger partial charge in [-0.1, -0.05) is 41.4 Å². The monoisotopic (exact) mass is 517 g/mol. The number of anilines is 1. The molecule has 2 aliphatic heterocycles. The molecule has 178 valence electrons. The average molecular weight is 518 g/mol. The summed E-state index contributed by atoms with van der Waals surface area (Å²) in [5, 5.41) is 9.56. The van der Waals surface area contributed by atoms with Crippen LogP contribution in [0.25, 0.3) is 0 Å². The number of carbonyl (C=O) groups is 1. The van der Waals surface area contributed by atoms with Crippen LogP contribution in [0.5, 0.6) is 11.5 Å². The Morgan fingerprint density at radius 2 is 1.71 bits per heavy atom. The molecule has 3 aromatic carbocycles. The van der Waals surface area contributed by atoms with Gasteiger partial charge in [0.05, 0.1) is 0 Å². The number of amides is 2. The minimum absolute atomic E-state index is 0.122. The van der Waals surface area contributed by atoms with E-state index < -0.39 is 17.9 Å². The van der Waals surface area contributed by atoms with Crippen molar-refractivity contribution in [3.63, 3.8) is 0 Å². The molecule has 2 amide bonds. The summed E-state index contributed by atoms with van der Waals surface area (Å²) in [7, 11) is 0. The summed E-state index contributed by atoms with van der Waals surface area (Å²) in [6.07, 6.45) is -3.27. The second kappa shape index (κ2) is 7.81. The fourth-order valence-corrected chi connectivity index (χ4v) is 4.76. The quantitative estimate of drug-likeness (QED) is 0.453. The number of benzene rings is 3. The number of halogens is 4. The van der Waals surface area contributed by atoms with Gasteiger partial charge in [0, 0.05) is 33.8 Å². The highest BCUT2D eigenvalue weighted by atomic mass is 35.5. The lowest BCUT2D eigenvalue weighted by atomic mass is 9.88. The number of fused-ring (bicyclic) bond motifs is 4. The highest BCUT2D eigenvalue weighted by Crippen LogP contribution is 2.45. The molecule has 2 heterocycles. The number of ether oxygens (including phenoxy) is 3. The van der Waals surface area contributed by atoms with Crippen LogP contribution in [0, 0.1) is 0 Å². The Bertz CT molecular complexity index is 1400. The first-order valence-corrected chi connectivity index (χ1v) is 11.2. The first-order valence-electron chi connectivity index (χ1n) is 10.5.